The van der Waals surface area contributed by atoms with E-state index in [9.17, 15) is 0 Å². The van der Waals surface area contributed by atoms with E-state index in [-0.39, 0.29) is 5.92 Å². The van der Waals surface area contributed by atoms with E-state index in [1.165, 1.54) is 5.56 Å². The molecule has 4 heterocycles. The van der Waals surface area contributed by atoms with Crippen LogP contribution >= 0.6 is 0 Å². The zero-order valence-electron chi connectivity index (χ0n) is 15.8. The van der Waals surface area contributed by atoms with Gasteiger partial charge in [-0.25, -0.2) is 9.67 Å². The number of nitrogens with zero attached hydrogens (tertiary/aromatic N) is 4. The Balaban J connectivity index is 1.35. The second-order valence-corrected chi connectivity index (χ2v) is 7.78. The summed E-state index contributed by atoms with van der Waals surface area (Å²) in [6.45, 7) is 4.74. The number of aromatic amines is 1. The number of fused-ring (bicyclic) bond motifs is 2. The molecule has 0 radical (unpaired) electrons. The monoisotopic (exact) mass is 367 g/mol. The molecule has 3 aromatic rings. The minimum absolute atomic E-state index is 0.281. The lowest BCUT2D eigenvalue weighted by Gasteiger charge is -2.28. The molecule has 5 rings (SSSR count). The van der Waals surface area contributed by atoms with Crippen molar-refractivity contribution in [2.75, 3.05) is 26.9 Å². The smallest absolute Gasteiger partial charge is 0.231 e. The van der Waals surface area contributed by atoms with Gasteiger partial charge in [0, 0.05) is 5.92 Å². The number of likely N-dealkylation sites (tertiary alicyclic amines) is 1. The number of ether oxygens (including phenoxy) is 2. The van der Waals surface area contributed by atoms with E-state index in [2.05, 4.69) is 45.8 Å². The van der Waals surface area contributed by atoms with E-state index in [0.29, 0.717) is 12.8 Å². The summed E-state index contributed by atoms with van der Waals surface area (Å²) in [7, 11) is 2.18. The van der Waals surface area contributed by atoms with Crippen LogP contribution in [0.3, 0.4) is 0 Å². The quantitative estimate of drug-likeness (QED) is 0.767. The molecule has 1 fully saturated rings. The van der Waals surface area contributed by atoms with Crippen molar-refractivity contribution in [3.63, 3.8) is 0 Å². The maximum atomic E-state index is 5.49. The summed E-state index contributed by atoms with van der Waals surface area (Å²) < 4.78 is 13.0. The van der Waals surface area contributed by atoms with Gasteiger partial charge in [-0.2, -0.15) is 5.10 Å². The Kier molecular flexibility index (Phi) is 4.04. The van der Waals surface area contributed by atoms with Crippen LogP contribution in [0.15, 0.2) is 24.4 Å². The highest BCUT2D eigenvalue weighted by atomic mass is 16.7. The summed E-state index contributed by atoms with van der Waals surface area (Å²) in [5.74, 6) is 2.96. The molecule has 0 aliphatic carbocycles. The molecule has 2 aliphatic heterocycles. The molecule has 1 N–H and O–H groups in total. The van der Waals surface area contributed by atoms with Gasteiger partial charge >= 0.3 is 0 Å². The standard InChI is InChI=1S/C20H25N5O2/c1-13(9-14-3-4-17-18(10-14)27-12-26-17)19-22-16-11-21-25(20(16)23-19)15-5-7-24(2)8-6-15/h3-4,10-11,13,15H,5-9,12H2,1-2H3,(H,22,23). The number of benzene rings is 1. The third-order valence-electron chi connectivity index (χ3n) is 5.74. The maximum absolute atomic E-state index is 5.49. The first kappa shape index (κ1) is 16.6. The summed E-state index contributed by atoms with van der Waals surface area (Å²) in [6, 6.07) is 6.61. The highest BCUT2D eigenvalue weighted by Crippen LogP contribution is 2.34. The fourth-order valence-electron chi connectivity index (χ4n) is 4.09. The summed E-state index contributed by atoms with van der Waals surface area (Å²) >= 11 is 0. The second kappa shape index (κ2) is 6.56. The Morgan fingerprint density at radius 2 is 2.04 bits per heavy atom. The molecule has 7 heteroatoms. The summed E-state index contributed by atoms with van der Waals surface area (Å²) in [4.78, 5) is 10.8. The van der Waals surface area contributed by atoms with Crippen LogP contribution in [0, 0.1) is 0 Å². The lowest BCUT2D eigenvalue weighted by molar-refractivity contribution is 0.174. The van der Waals surface area contributed by atoms with E-state index in [4.69, 9.17) is 14.5 Å². The Morgan fingerprint density at radius 3 is 2.89 bits per heavy atom. The van der Waals surface area contributed by atoms with Crippen LogP contribution in [0.2, 0.25) is 0 Å². The van der Waals surface area contributed by atoms with Crippen LogP contribution < -0.4 is 9.47 Å². The van der Waals surface area contributed by atoms with Crippen molar-refractivity contribution < 1.29 is 9.47 Å². The minimum Gasteiger partial charge on any atom is -0.454 e. The highest BCUT2D eigenvalue weighted by Gasteiger charge is 2.23. The average molecular weight is 367 g/mol. The van der Waals surface area contributed by atoms with Crippen molar-refractivity contribution in [2.24, 2.45) is 0 Å². The number of H-pyrrole nitrogens is 1. The second-order valence-electron chi connectivity index (χ2n) is 7.78. The Hall–Kier alpha value is -2.54. The van der Waals surface area contributed by atoms with Crippen molar-refractivity contribution in [1.29, 1.82) is 0 Å². The number of piperidine rings is 1. The van der Waals surface area contributed by atoms with Gasteiger partial charge in [0.15, 0.2) is 17.1 Å². The summed E-state index contributed by atoms with van der Waals surface area (Å²) in [5, 5.41) is 4.60. The minimum atomic E-state index is 0.281. The lowest BCUT2D eigenvalue weighted by Crippen LogP contribution is -2.31. The van der Waals surface area contributed by atoms with Gasteiger partial charge in [-0.1, -0.05) is 13.0 Å². The molecule has 7 nitrogen and oxygen atoms in total. The molecule has 1 aromatic carbocycles. The maximum Gasteiger partial charge on any atom is 0.231 e. The van der Waals surface area contributed by atoms with Gasteiger partial charge in [0.05, 0.1) is 12.2 Å². The van der Waals surface area contributed by atoms with Gasteiger partial charge in [0.1, 0.15) is 11.3 Å². The van der Waals surface area contributed by atoms with Crippen LogP contribution in [0.5, 0.6) is 11.5 Å². The molecule has 1 atom stereocenters. The van der Waals surface area contributed by atoms with E-state index >= 15 is 0 Å². The normalized spacial score (nSPS) is 19.0. The third kappa shape index (κ3) is 3.06. The first-order valence-electron chi connectivity index (χ1n) is 9.67. The first-order valence-corrected chi connectivity index (χ1v) is 9.67. The largest absolute Gasteiger partial charge is 0.454 e. The van der Waals surface area contributed by atoms with Gasteiger partial charge in [-0.3, -0.25) is 0 Å². The summed E-state index contributed by atoms with van der Waals surface area (Å²) in [6.07, 6.45) is 5.07. The molecule has 1 saturated heterocycles. The number of rotatable bonds is 4. The van der Waals surface area contributed by atoms with E-state index in [0.717, 1.165) is 60.8 Å². The van der Waals surface area contributed by atoms with Gasteiger partial charge < -0.3 is 19.4 Å². The molecule has 142 valence electrons. The molecule has 0 spiro atoms. The number of hydrogen-bond donors (Lipinski definition) is 1. The molecular weight excluding hydrogens is 342 g/mol. The van der Waals surface area contributed by atoms with Gasteiger partial charge in [0.2, 0.25) is 6.79 Å². The zero-order valence-corrected chi connectivity index (χ0v) is 15.8. The fraction of sp³-hybridized carbons (Fsp3) is 0.500. The van der Waals surface area contributed by atoms with Crippen molar-refractivity contribution in [1.82, 2.24) is 24.6 Å². The average Bonchev–Trinajstić information content (AvgIpc) is 3.37. The van der Waals surface area contributed by atoms with Crippen molar-refractivity contribution in [2.45, 2.75) is 38.1 Å². The lowest BCUT2D eigenvalue weighted by atomic mass is 10.0. The topological polar surface area (TPSA) is 68.2 Å². The molecule has 2 aliphatic rings. The Labute approximate surface area is 158 Å². The van der Waals surface area contributed by atoms with Crippen LogP contribution in [-0.4, -0.2) is 51.6 Å². The Morgan fingerprint density at radius 1 is 1.22 bits per heavy atom. The molecule has 27 heavy (non-hydrogen) atoms. The van der Waals surface area contributed by atoms with E-state index < -0.39 is 0 Å². The van der Waals surface area contributed by atoms with Gasteiger partial charge in [0.25, 0.3) is 0 Å². The zero-order chi connectivity index (χ0) is 18.4. The molecule has 0 bridgehead atoms. The SMILES string of the molecule is CC(Cc1ccc2c(c1)OCO2)c1nc2c(cnn2C2CCN(C)CC2)[nH]1. The predicted molar refractivity (Wildman–Crippen MR) is 102 cm³/mol. The predicted octanol–water partition coefficient (Wildman–Crippen LogP) is 3.10. The molecule has 2 aromatic heterocycles. The number of nitrogens with one attached hydrogen (secondary N) is 1. The molecule has 1 unspecified atom stereocenters. The molecular formula is C20H25N5O2. The number of imidazole rings is 1. The first-order chi connectivity index (χ1) is 13.2. The van der Waals surface area contributed by atoms with Gasteiger partial charge in [-0.05, 0) is 57.1 Å². The highest BCUT2D eigenvalue weighted by molar-refractivity contribution is 5.70. The van der Waals surface area contributed by atoms with Crippen LogP contribution in [-0.2, 0) is 6.42 Å². The van der Waals surface area contributed by atoms with Crippen LogP contribution in [0.1, 0.15) is 43.1 Å². The van der Waals surface area contributed by atoms with E-state index in [1.54, 1.807) is 0 Å². The number of hydrogen-bond acceptors (Lipinski definition) is 5. The van der Waals surface area contributed by atoms with Crippen molar-refractivity contribution in [3.05, 3.63) is 35.8 Å². The molecule has 0 saturated carbocycles. The third-order valence-corrected chi connectivity index (χ3v) is 5.74. The van der Waals surface area contributed by atoms with E-state index in [1.807, 2.05) is 12.3 Å². The molecule has 0 amide bonds. The van der Waals surface area contributed by atoms with Crippen molar-refractivity contribution >= 4 is 11.2 Å². The Bertz CT molecular complexity index is 955. The van der Waals surface area contributed by atoms with Crippen LogP contribution in [0.25, 0.3) is 11.2 Å². The van der Waals surface area contributed by atoms with Gasteiger partial charge in [-0.15, -0.1) is 0 Å². The number of aromatic nitrogens is 4. The summed E-state index contributed by atoms with van der Waals surface area (Å²) in [5.41, 5.74) is 3.24. The van der Waals surface area contributed by atoms with Crippen molar-refractivity contribution in [3.8, 4) is 11.5 Å². The fourth-order valence-corrected chi connectivity index (χ4v) is 4.09. The van der Waals surface area contributed by atoms with Crippen LogP contribution in [0.4, 0.5) is 0 Å².